The van der Waals surface area contributed by atoms with E-state index in [2.05, 4.69) is 238 Å². The number of hydrogen-bond donors (Lipinski definition) is 6. The molecule has 8 aromatic heterocycles. The van der Waals surface area contributed by atoms with Crippen LogP contribution in [0.25, 0.3) is 34.2 Å². The summed E-state index contributed by atoms with van der Waals surface area (Å²) >= 11 is 6.89. The number of aryl methyl sites for hydroxylation is 2. The number of aliphatic hydroxyl groups excluding tert-OH is 1. The molecule has 13 nitrogen and oxygen atoms in total. The average molecular weight is 1360 g/mol. The molecule has 5 aliphatic heterocycles. The van der Waals surface area contributed by atoms with Crippen LogP contribution < -0.4 is 9.97 Å². The third-order valence-corrected chi connectivity index (χ3v) is 19.0. The minimum Gasteiger partial charge on any atom is -0.658 e. The Morgan fingerprint density at radius 2 is 1.10 bits per heavy atom. The Balaban J connectivity index is 0.000000145. The minimum atomic E-state index is -0.448. The fraction of sp³-hybridized carbons (Fsp3) is 0.403. The molecule has 88 heavy (non-hydrogen) atoms. The van der Waals surface area contributed by atoms with E-state index in [1.54, 1.807) is 6.92 Å². The summed E-state index contributed by atoms with van der Waals surface area (Å²) in [6, 6.07) is 34.2. The fourth-order valence-corrected chi connectivity index (χ4v) is 13.2. The first-order chi connectivity index (χ1) is 41.3. The second kappa shape index (κ2) is 27.3. The van der Waals surface area contributed by atoms with E-state index in [1.807, 2.05) is 36.5 Å². The molecule has 0 saturated heterocycles. The number of aliphatic hydroxyl groups is 1. The van der Waals surface area contributed by atoms with Crippen LogP contribution >= 0.6 is 31.9 Å². The Morgan fingerprint density at radius 3 is 1.62 bits per heavy atom. The number of nitrogens with zero attached hydrogens (tertiary/aromatic N) is 7. The molecular formula is C72H86Br2N12OZn. The van der Waals surface area contributed by atoms with Gasteiger partial charge in [-0.05, 0) is 180 Å². The monoisotopic (exact) mass is 1360 g/mol. The fourth-order valence-electron chi connectivity index (χ4n) is 12.5. The van der Waals surface area contributed by atoms with Gasteiger partial charge in [0, 0.05) is 117 Å². The molecule has 8 aromatic rings. The number of halogens is 2. The van der Waals surface area contributed by atoms with Gasteiger partial charge >= 0.3 is 19.5 Å². The Bertz CT molecular complexity index is 4050. The molecule has 13 rings (SSSR count). The molecule has 0 radical (unpaired) electrons. The van der Waals surface area contributed by atoms with Crippen LogP contribution in [0, 0.1) is 24.7 Å². The molecule has 0 amide bonds. The van der Waals surface area contributed by atoms with Crippen molar-refractivity contribution < 1.29 is 24.6 Å². The molecule has 5 aliphatic rings. The van der Waals surface area contributed by atoms with E-state index in [0.29, 0.717) is 23.4 Å². The molecule has 16 heteroatoms. The zero-order chi connectivity index (χ0) is 62.1. The number of fused-ring (bicyclic) bond motifs is 8. The maximum absolute atomic E-state index is 9.45. The molecule has 7 unspecified atom stereocenters. The molecular weight excluding hydrogens is 1270 g/mol. The number of rotatable bonds is 11. The van der Waals surface area contributed by atoms with Gasteiger partial charge in [-0.15, -0.1) is 22.1 Å². The van der Waals surface area contributed by atoms with E-state index < -0.39 is 6.10 Å². The first-order valence-corrected chi connectivity index (χ1v) is 32.3. The zero-order valence-corrected chi connectivity index (χ0v) is 59.9. The van der Waals surface area contributed by atoms with Crippen molar-refractivity contribution >= 4 is 83.2 Å². The van der Waals surface area contributed by atoms with Gasteiger partial charge in [0.05, 0.1) is 44.8 Å². The molecule has 456 valence electrons. The predicted molar refractivity (Wildman–Crippen MR) is 367 cm³/mol. The third kappa shape index (κ3) is 15.6. The van der Waals surface area contributed by atoms with Crippen LogP contribution in [0.2, 0.25) is 0 Å². The number of aliphatic imine (C=N–C) groups is 3. The van der Waals surface area contributed by atoms with Crippen molar-refractivity contribution in [3.63, 3.8) is 0 Å². The smallest absolute Gasteiger partial charge is 0.658 e. The molecule has 7 atom stereocenters. The Morgan fingerprint density at radius 1 is 0.568 bits per heavy atom. The molecule has 8 bridgehead atoms. The summed E-state index contributed by atoms with van der Waals surface area (Å²) in [4.78, 5) is 50.7. The van der Waals surface area contributed by atoms with Crippen molar-refractivity contribution in [3.8, 4) is 0 Å². The maximum atomic E-state index is 9.45. The van der Waals surface area contributed by atoms with Gasteiger partial charge in [0.25, 0.3) is 0 Å². The van der Waals surface area contributed by atoms with Gasteiger partial charge in [0.15, 0.2) is 0 Å². The van der Waals surface area contributed by atoms with E-state index >= 15 is 0 Å². The predicted octanol–water partition coefficient (Wildman–Crippen LogP) is 17.2. The molecule has 13 heterocycles. The van der Waals surface area contributed by atoms with Crippen molar-refractivity contribution in [2.24, 2.45) is 25.8 Å². The van der Waals surface area contributed by atoms with E-state index in [4.69, 9.17) is 34.9 Å². The molecule has 0 saturated carbocycles. The minimum absolute atomic E-state index is 0. The van der Waals surface area contributed by atoms with Crippen LogP contribution in [-0.2, 0) is 44.2 Å². The Kier molecular flexibility index (Phi) is 20.5. The number of H-pyrrole nitrogens is 5. The molecule has 0 aliphatic carbocycles. The average Bonchev–Trinajstić information content (AvgIpc) is 3.19. The Hall–Kier alpha value is -6.45. The second-order valence-corrected chi connectivity index (χ2v) is 28.4. The van der Waals surface area contributed by atoms with Gasteiger partial charge in [-0.25, -0.2) is 4.98 Å². The zero-order valence-electron chi connectivity index (χ0n) is 53.7. The molecule has 0 fully saturated rings. The number of hydrogen-bond acceptors (Lipinski definition) is 6. The summed E-state index contributed by atoms with van der Waals surface area (Å²) in [5, 5.41) is 9.45. The van der Waals surface area contributed by atoms with Crippen molar-refractivity contribution in [3.05, 3.63) is 198 Å². The largest absolute Gasteiger partial charge is 2.00 e. The molecule has 0 aromatic carbocycles. The van der Waals surface area contributed by atoms with Crippen molar-refractivity contribution in [2.45, 2.75) is 176 Å². The SMILES string of the molecule is CC(O)c1ccc(C(C)c2ccc(Br)[nH]2)[nH]1.CC1=NC(Cc2ccc(C(C)C3C=CC(C(C)c4ccc(Br)[nH]4)=N3)[nH]2)C(C)(C)C1.CC1=NC(Cc2ccc[nH]2)C(C)(C)C1.Cc1c2nc(c(C)c3ccc(cc4nc(cc5ccc1[n-]5)CC4(C)C)[n-]3)C=C2.[Zn+2]. The van der Waals surface area contributed by atoms with Gasteiger partial charge in [0.2, 0.25) is 0 Å². The quantitative estimate of drug-likeness (QED) is 0.0701. The first-order valence-electron chi connectivity index (χ1n) is 30.7. The van der Waals surface area contributed by atoms with Crippen LogP contribution in [0.5, 0.6) is 0 Å². The first kappa shape index (κ1) is 66.0. The van der Waals surface area contributed by atoms with Crippen LogP contribution in [0.15, 0.2) is 140 Å². The third-order valence-electron chi connectivity index (χ3n) is 18.1. The second-order valence-electron chi connectivity index (χ2n) is 26.7. The van der Waals surface area contributed by atoms with E-state index in [9.17, 15) is 5.11 Å². The summed E-state index contributed by atoms with van der Waals surface area (Å²) in [5.74, 6) is 0.848. The Labute approximate surface area is 549 Å². The topological polar surface area (TPSA) is 190 Å². The van der Waals surface area contributed by atoms with Gasteiger partial charge in [-0.2, -0.15) is 0 Å². The normalized spacial score (nSPS) is 19.8. The molecule has 6 N–H and O–H groups in total. The van der Waals surface area contributed by atoms with Crippen LogP contribution in [0.4, 0.5) is 0 Å². The van der Waals surface area contributed by atoms with Crippen LogP contribution in [0.3, 0.4) is 0 Å². The van der Waals surface area contributed by atoms with Gasteiger partial charge in [-0.3, -0.25) is 20.0 Å². The summed E-state index contributed by atoms with van der Waals surface area (Å²) in [7, 11) is 0. The van der Waals surface area contributed by atoms with Crippen molar-refractivity contribution in [1.82, 2.24) is 44.9 Å². The summed E-state index contributed by atoms with van der Waals surface area (Å²) < 4.78 is 1.99. The summed E-state index contributed by atoms with van der Waals surface area (Å²) in [6.45, 7) is 30.5. The number of nitrogens with one attached hydrogen (secondary N) is 5. The molecule has 0 spiro atoms. The van der Waals surface area contributed by atoms with Gasteiger partial charge in [0.1, 0.15) is 0 Å². The van der Waals surface area contributed by atoms with E-state index in [1.165, 1.54) is 34.2 Å². The number of allylic oxidation sites excluding steroid dienone is 1. The number of aromatic nitrogens is 9. The van der Waals surface area contributed by atoms with Crippen LogP contribution in [-0.4, -0.2) is 75.3 Å². The summed E-state index contributed by atoms with van der Waals surface area (Å²) in [6.07, 6.45) is 15.2. The van der Waals surface area contributed by atoms with Crippen LogP contribution in [0.1, 0.15) is 194 Å². The van der Waals surface area contributed by atoms with Gasteiger partial charge in [-0.1, -0.05) is 105 Å². The van der Waals surface area contributed by atoms with Crippen molar-refractivity contribution in [1.29, 1.82) is 0 Å². The standard InChI is InChI=1S/C24H31BrN4.C24H22N4.C12H15BrN2O.C12H18N2.Zn/c1-14-13-24(4,5)22(26-14)12-17-6-7-18(27-17)15(2)19-8-9-20(28-19)16(3)21-10-11-23(25)29-21;1-14-19-7-5-16(25-19)11-18-13-24(3,4)23(27-18)12-17-6-8-20(26-17)15(2)22-10-9-21(14)28-22;1-7(10-5-6-12(13)15-10)9-3-4-11(14-9)8(2)16;1-9-8-12(2,3)11(14-9)7-10-5-4-6-13-10;/h6-11,15-16,19,22,27,29H,12-13H2,1-5H3;5-12H,13H2,1-4H3;3-8,14-16H,1-2H3;4-6,11,13H,7-8H2,1-3H3;/q;-2;;;+2. The maximum Gasteiger partial charge on any atom is 2.00 e. The van der Waals surface area contributed by atoms with E-state index in [-0.39, 0.29) is 48.2 Å². The summed E-state index contributed by atoms with van der Waals surface area (Å²) in [5.41, 5.74) is 22.4. The van der Waals surface area contributed by atoms with Crippen molar-refractivity contribution in [2.75, 3.05) is 0 Å². The number of aromatic amines is 5. The van der Waals surface area contributed by atoms with Gasteiger partial charge < -0.3 is 40.0 Å². The van der Waals surface area contributed by atoms with E-state index in [0.717, 1.165) is 120 Å².